The van der Waals surface area contributed by atoms with E-state index in [-0.39, 0.29) is 33.4 Å². The number of unbranched alkanes of at least 4 members (excludes halogenated alkanes) is 1. The third kappa shape index (κ3) is 5.24. The van der Waals surface area contributed by atoms with Crippen LogP contribution in [0.2, 0.25) is 0 Å². The number of hydrogen-bond donors (Lipinski definition) is 0. The third-order valence-corrected chi connectivity index (χ3v) is 7.64. The molecule has 0 unspecified atom stereocenters. The predicted molar refractivity (Wildman–Crippen MR) is 162 cm³/mol. The van der Waals surface area contributed by atoms with Gasteiger partial charge in [-0.2, -0.15) is 0 Å². The number of carbonyl (C=O) groups excluding carboxylic acids is 5. The van der Waals surface area contributed by atoms with Crippen molar-refractivity contribution >= 4 is 35.1 Å². The molecule has 9 heteroatoms. The first kappa shape index (κ1) is 28.5. The molecule has 2 aliphatic heterocycles. The minimum absolute atomic E-state index is 0.105. The van der Waals surface area contributed by atoms with Gasteiger partial charge in [-0.15, -0.1) is 0 Å². The summed E-state index contributed by atoms with van der Waals surface area (Å²) in [5, 5.41) is 0. The van der Waals surface area contributed by atoms with E-state index in [0.717, 1.165) is 34.0 Å². The van der Waals surface area contributed by atoms with Gasteiger partial charge >= 0.3 is 0 Å². The lowest BCUT2D eigenvalue weighted by Crippen LogP contribution is -2.29. The largest absolute Gasteiger partial charge is 0.494 e. The molecule has 0 saturated carbocycles. The Bertz CT molecular complexity index is 1860. The van der Waals surface area contributed by atoms with Crippen LogP contribution in [0, 0.1) is 6.92 Å². The quantitative estimate of drug-likeness (QED) is 0.137. The summed E-state index contributed by atoms with van der Waals surface area (Å²) in [6, 6.07) is 23.3. The standard InChI is InChI=1S/C35H28N2O7/c1-21-7-5-9-25(17-21)43-15-3-4-16-44-26-10-6-8-24(20-26)37-34(41)28-14-12-23(19-30(28)35(37)42)31(38)22-11-13-27-29(18-22)33(40)36(2)32(27)39/h5-14,17-20H,3-4,15-16H2,1-2H3. The Morgan fingerprint density at radius 1 is 0.614 bits per heavy atom. The highest BCUT2D eigenvalue weighted by Gasteiger charge is 2.38. The number of nitrogens with zero attached hydrogens (tertiary/aromatic N) is 2. The molecule has 0 saturated heterocycles. The van der Waals surface area contributed by atoms with Crippen molar-refractivity contribution in [1.29, 1.82) is 0 Å². The molecule has 0 radical (unpaired) electrons. The fourth-order valence-electron chi connectivity index (χ4n) is 5.29. The number of fused-ring (bicyclic) bond motifs is 2. The number of hydrogen-bond acceptors (Lipinski definition) is 7. The molecule has 4 amide bonds. The summed E-state index contributed by atoms with van der Waals surface area (Å²) in [4.78, 5) is 66.6. The molecule has 220 valence electrons. The van der Waals surface area contributed by atoms with Crippen molar-refractivity contribution in [2.45, 2.75) is 19.8 Å². The Morgan fingerprint density at radius 2 is 1.14 bits per heavy atom. The number of rotatable bonds is 10. The summed E-state index contributed by atoms with van der Waals surface area (Å²) in [5.41, 5.74) is 2.54. The summed E-state index contributed by atoms with van der Waals surface area (Å²) in [6.07, 6.45) is 1.55. The number of amides is 4. The monoisotopic (exact) mass is 588 g/mol. The van der Waals surface area contributed by atoms with Crippen LogP contribution in [0.5, 0.6) is 11.5 Å². The Morgan fingerprint density at radius 3 is 1.77 bits per heavy atom. The van der Waals surface area contributed by atoms with Crippen LogP contribution in [-0.2, 0) is 0 Å². The minimum atomic E-state index is -0.554. The smallest absolute Gasteiger partial charge is 0.266 e. The van der Waals surface area contributed by atoms with Gasteiger partial charge in [-0.3, -0.25) is 28.9 Å². The van der Waals surface area contributed by atoms with E-state index in [1.54, 1.807) is 24.3 Å². The van der Waals surface area contributed by atoms with Gasteiger partial charge in [0, 0.05) is 24.2 Å². The highest BCUT2D eigenvalue weighted by molar-refractivity contribution is 6.35. The van der Waals surface area contributed by atoms with Crippen molar-refractivity contribution in [1.82, 2.24) is 4.90 Å². The summed E-state index contributed by atoms with van der Waals surface area (Å²) in [7, 11) is 1.38. The molecule has 9 nitrogen and oxygen atoms in total. The van der Waals surface area contributed by atoms with E-state index in [0.29, 0.717) is 24.7 Å². The van der Waals surface area contributed by atoms with E-state index >= 15 is 0 Å². The highest BCUT2D eigenvalue weighted by atomic mass is 16.5. The second-order valence-electron chi connectivity index (χ2n) is 10.7. The van der Waals surface area contributed by atoms with E-state index < -0.39 is 29.4 Å². The lowest BCUT2D eigenvalue weighted by Gasteiger charge is -2.15. The van der Waals surface area contributed by atoms with E-state index in [9.17, 15) is 24.0 Å². The SMILES string of the molecule is Cc1cccc(OCCCCOc2cccc(N3C(=O)c4ccc(C(=O)c5ccc6c(c5)C(=O)N(C)C6=O)cc4C3=O)c2)c1. The van der Waals surface area contributed by atoms with Gasteiger partial charge in [0.15, 0.2) is 5.78 Å². The molecule has 0 aromatic heterocycles. The maximum atomic E-state index is 13.4. The van der Waals surface area contributed by atoms with Gasteiger partial charge in [-0.05, 0) is 73.9 Å². The fourth-order valence-corrected chi connectivity index (χ4v) is 5.29. The molecule has 0 atom stereocenters. The van der Waals surface area contributed by atoms with Crippen LogP contribution < -0.4 is 14.4 Å². The fraction of sp³-hybridized carbons (Fsp3) is 0.171. The van der Waals surface area contributed by atoms with Crippen molar-refractivity contribution in [2.24, 2.45) is 0 Å². The van der Waals surface area contributed by atoms with Crippen LogP contribution in [0.25, 0.3) is 0 Å². The number of carbonyl (C=O) groups is 5. The van der Waals surface area contributed by atoms with Crippen LogP contribution in [0.3, 0.4) is 0 Å². The first-order chi connectivity index (χ1) is 21.2. The minimum Gasteiger partial charge on any atom is -0.494 e. The Labute approximate surface area is 253 Å². The molecule has 0 aliphatic carbocycles. The van der Waals surface area contributed by atoms with Gasteiger partial charge in [0.1, 0.15) is 11.5 Å². The molecule has 0 spiro atoms. The lowest BCUT2D eigenvalue weighted by atomic mass is 9.96. The summed E-state index contributed by atoms with van der Waals surface area (Å²) < 4.78 is 11.7. The average molecular weight is 589 g/mol. The Balaban J connectivity index is 1.11. The first-order valence-electron chi connectivity index (χ1n) is 14.2. The third-order valence-electron chi connectivity index (χ3n) is 7.64. The summed E-state index contributed by atoms with van der Waals surface area (Å²) in [6.45, 7) is 3.02. The zero-order valence-corrected chi connectivity index (χ0v) is 24.2. The van der Waals surface area contributed by atoms with E-state index in [2.05, 4.69) is 0 Å². The van der Waals surface area contributed by atoms with Gasteiger partial charge in [0.2, 0.25) is 0 Å². The number of benzene rings is 4. The number of ether oxygens (including phenoxy) is 2. The Kier molecular flexibility index (Phi) is 7.53. The Hall–Kier alpha value is -5.57. The molecule has 0 bridgehead atoms. The molecule has 6 rings (SSSR count). The molecule has 2 aliphatic rings. The van der Waals surface area contributed by atoms with Crippen LogP contribution in [0.15, 0.2) is 84.9 Å². The van der Waals surface area contributed by atoms with Crippen LogP contribution >= 0.6 is 0 Å². The van der Waals surface area contributed by atoms with Crippen molar-refractivity contribution in [3.05, 3.63) is 124 Å². The normalized spacial score (nSPS) is 13.8. The van der Waals surface area contributed by atoms with Crippen LogP contribution in [-0.4, -0.2) is 54.6 Å². The highest BCUT2D eigenvalue weighted by Crippen LogP contribution is 2.32. The molecule has 44 heavy (non-hydrogen) atoms. The van der Waals surface area contributed by atoms with Crippen molar-refractivity contribution in [3.63, 3.8) is 0 Å². The van der Waals surface area contributed by atoms with Gasteiger partial charge in [-0.25, -0.2) is 4.90 Å². The number of anilines is 1. The van der Waals surface area contributed by atoms with E-state index in [1.807, 2.05) is 31.2 Å². The molecule has 4 aromatic carbocycles. The molecule has 0 fully saturated rings. The van der Waals surface area contributed by atoms with Crippen LogP contribution in [0.1, 0.15) is 75.8 Å². The van der Waals surface area contributed by atoms with Gasteiger partial charge in [-0.1, -0.05) is 30.3 Å². The lowest BCUT2D eigenvalue weighted by molar-refractivity contribution is 0.0692. The zero-order valence-electron chi connectivity index (χ0n) is 24.2. The number of imide groups is 2. The van der Waals surface area contributed by atoms with E-state index in [4.69, 9.17) is 9.47 Å². The molecular weight excluding hydrogens is 560 g/mol. The van der Waals surface area contributed by atoms with Crippen molar-refractivity contribution in [3.8, 4) is 11.5 Å². The maximum absolute atomic E-state index is 13.4. The second-order valence-corrected chi connectivity index (χ2v) is 10.7. The summed E-state index contributed by atoms with van der Waals surface area (Å²) in [5.74, 6) is -1.05. The molecular formula is C35H28N2O7. The van der Waals surface area contributed by atoms with Gasteiger partial charge in [0.25, 0.3) is 23.6 Å². The zero-order chi connectivity index (χ0) is 31.0. The van der Waals surface area contributed by atoms with Gasteiger partial charge in [0.05, 0.1) is 41.2 Å². The average Bonchev–Trinajstić information content (AvgIpc) is 3.41. The molecule has 2 heterocycles. The van der Waals surface area contributed by atoms with Crippen molar-refractivity contribution < 1.29 is 33.4 Å². The predicted octanol–water partition coefficient (Wildman–Crippen LogP) is 5.49. The second kappa shape index (κ2) is 11.6. The number of aryl methyl sites for hydroxylation is 1. The number of ketones is 1. The topological polar surface area (TPSA) is 110 Å². The first-order valence-corrected chi connectivity index (χ1v) is 14.2. The maximum Gasteiger partial charge on any atom is 0.266 e. The van der Waals surface area contributed by atoms with Crippen LogP contribution in [0.4, 0.5) is 5.69 Å². The van der Waals surface area contributed by atoms with E-state index in [1.165, 1.54) is 43.4 Å². The van der Waals surface area contributed by atoms with Gasteiger partial charge < -0.3 is 9.47 Å². The van der Waals surface area contributed by atoms with Crippen molar-refractivity contribution in [2.75, 3.05) is 25.2 Å². The summed E-state index contributed by atoms with van der Waals surface area (Å²) >= 11 is 0. The molecule has 4 aromatic rings. The molecule has 0 N–H and O–H groups in total.